The van der Waals surface area contributed by atoms with Crippen LogP contribution in [0, 0.1) is 21.5 Å². The monoisotopic (exact) mass is 698 g/mol. The minimum Gasteiger partial charge on any atom is -0.381 e. The maximum absolute atomic E-state index is 13.6. The van der Waals surface area contributed by atoms with E-state index in [0.717, 1.165) is 31.6 Å². The molecule has 1 saturated heterocycles. The van der Waals surface area contributed by atoms with Gasteiger partial charge in [-0.25, -0.2) is 0 Å². The predicted molar refractivity (Wildman–Crippen MR) is 161 cm³/mol. The molecule has 2 aromatic heterocycles. The number of aromatic nitrogens is 3. The fourth-order valence-corrected chi connectivity index (χ4v) is 6.25. The number of likely N-dealkylation sites (tertiary alicyclic amines) is 1. The standard InChI is InChI=1S/C29H34F3IN6O3/c1-37-10-7-24-20(18-37)8-12-41-14-15-42-13-11-39-27(33)23(17-35-39)28(40)34-9-3-4-21-16-22-25(36-24)5-2-6-26(22)38(21)19-29(30,31)32/h2,5-6,16-17,20,24,36H,7-15,18-19H2,1H3,(H,34,40). The summed E-state index contributed by atoms with van der Waals surface area (Å²) in [6.45, 7) is 3.06. The first kappa shape index (κ1) is 30.7. The molecule has 1 fully saturated rings. The van der Waals surface area contributed by atoms with Gasteiger partial charge in [0.15, 0.2) is 0 Å². The van der Waals surface area contributed by atoms with Crippen molar-refractivity contribution in [1.82, 2.24) is 24.6 Å². The smallest absolute Gasteiger partial charge is 0.381 e. The molecule has 2 N–H and O–H groups in total. The third-order valence-electron chi connectivity index (χ3n) is 7.59. The van der Waals surface area contributed by atoms with Crippen LogP contribution in [0.2, 0.25) is 0 Å². The van der Waals surface area contributed by atoms with Gasteiger partial charge in [0.1, 0.15) is 10.2 Å². The fraction of sp³-hybridized carbons (Fsp3) is 0.517. The molecule has 4 bridgehead atoms. The van der Waals surface area contributed by atoms with Crippen LogP contribution < -0.4 is 10.6 Å². The highest BCUT2D eigenvalue weighted by atomic mass is 127. The minimum absolute atomic E-state index is 0.0286. The lowest BCUT2D eigenvalue weighted by Gasteiger charge is -2.38. The van der Waals surface area contributed by atoms with E-state index >= 15 is 0 Å². The fourth-order valence-electron chi connectivity index (χ4n) is 5.50. The lowest BCUT2D eigenvalue weighted by molar-refractivity contribution is -0.140. The topological polar surface area (TPSA) is 85.6 Å². The van der Waals surface area contributed by atoms with Crippen molar-refractivity contribution in [3.8, 4) is 11.8 Å². The van der Waals surface area contributed by atoms with Crippen LogP contribution in [0.25, 0.3) is 10.9 Å². The SMILES string of the molecule is CN1CCC2Nc3cccc4c3cc(n4CC(F)(F)F)C#CCNC(=O)c3cnn(c3I)CCOCCOCCC2C1. The Morgan fingerprint density at radius 1 is 1.14 bits per heavy atom. The Morgan fingerprint density at radius 2 is 1.95 bits per heavy atom. The van der Waals surface area contributed by atoms with Crippen molar-refractivity contribution in [3.63, 3.8) is 0 Å². The van der Waals surface area contributed by atoms with Gasteiger partial charge in [-0.05, 0) is 79.1 Å². The minimum atomic E-state index is -4.43. The number of halogens is 4. The van der Waals surface area contributed by atoms with Gasteiger partial charge < -0.3 is 29.6 Å². The lowest BCUT2D eigenvalue weighted by atomic mass is 9.89. The van der Waals surface area contributed by atoms with E-state index in [4.69, 9.17) is 9.47 Å². The Bertz CT molecular complexity index is 1460. The number of ether oxygens (including phenoxy) is 2. The van der Waals surface area contributed by atoms with Crippen LogP contribution in [-0.4, -0.2) is 90.5 Å². The molecule has 42 heavy (non-hydrogen) atoms. The van der Waals surface area contributed by atoms with E-state index in [1.54, 1.807) is 22.9 Å². The van der Waals surface area contributed by atoms with E-state index < -0.39 is 12.7 Å². The maximum atomic E-state index is 13.6. The van der Waals surface area contributed by atoms with Gasteiger partial charge in [0.25, 0.3) is 5.91 Å². The molecule has 3 aromatic rings. The van der Waals surface area contributed by atoms with Crippen LogP contribution in [-0.2, 0) is 22.6 Å². The second kappa shape index (κ2) is 13.7. The van der Waals surface area contributed by atoms with E-state index in [1.165, 1.54) is 10.8 Å². The van der Waals surface area contributed by atoms with Gasteiger partial charge in [-0.15, -0.1) is 0 Å². The Morgan fingerprint density at radius 3 is 2.76 bits per heavy atom. The number of rotatable bonds is 1. The number of carbonyl (C=O) groups excluding carboxylic acids is 1. The quantitative estimate of drug-likeness (QED) is 0.296. The molecule has 5 rings (SSSR count). The first-order valence-electron chi connectivity index (χ1n) is 14.0. The summed E-state index contributed by atoms with van der Waals surface area (Å²) in [5, 5.41) is 11.3. The van der Waals surface area contributed by atoms with Gasteiger partial charge >= 0.3 is 6.18 Å². The number of piperidine rings is 1. The zero-order valence-corrected chi connectivity index (χ0v) is 25.5. The van der Waals surface area contributed by atoms with Gasteiger partial charge in [0.2, 0.25) is 0 Å². The van der Waals surface area contributed by atoms with Crippen molar-refractivity contribution in [3.05, 3.63) is 45.4 Å². The number of alkyl halides is 3. The van der Waals surface area contributed by atoms with E-state index in [9.17, 15) is 18.0 Å². The lowest BCUT2D eigenvalue weighted by Crippen LogP contribution is -2.45. The molecule has 9 nitrogen and oxygen atoms in total. The number of hydrogen-bond acceptors (Lipinski definition) is 6. The van der Waals surface area contributed by atoms with Crippen LogP contribution >= 0.6 is 22.6 Å². The largest absolute Gasteiger partial charge is 0.406 e. The van der Waals surface area contributed by atoms with Gasteiger partial charge in [-0.3, -0.25) is 9.48 Å². The first-order chi connectivity index (χ1) is 20.2. The molecule has 13 heteroatoms. The summed E-state index contributed by atoms with van der Waals surface area (Å²) < 4.78 is 56.1. The van der Waals surface area contributed by atoms with Crippen LogP contribution in [0.1, 0.15) is 28.9 Å². The predicted octanol–water partition coefficient (Wildman–Crippen LogP) is 3.96. The molecule has 2 aliphatic heterocycles. The summed E-state index contributed by atoms with van der Waals surface area (Å²) in [4.78, 5) is 15.0. The molecule has 0 saturated carbocycles. The Kier molecular flexibility index (Phi) is 9.97. The molecule has 1 aromatic carbocycles. The number of nitrogens with zero attached hydrogens (tertiary/aromatic N) is 4. The molecule has 1 amide bonds. The number of fused-ring (bicyclic) bond motifs is 4. The Balaban J connectivity index is 1.46. The number of benzene rings is 1. The average molecular weight is 699 g/mol. The number of hydrogen-bond donors (Lipinski definition) is 2. The van der Waals surface area contributed by atoms with E-state index in [-0.39, 0.29) is 24.2 Å². The highest BCUT2D eigenvalue weighted by Crippen LogP contribution is 2.32. The molecular formula is C29H34F3IN6O3. The Hall–Kier alpha value is -2.80. The highest BCUT2D eigenvalue weighted by molar-refractivity contribution is 14.1. The summed E-state index contributed by atoms with van der Waals surface area (Å²) in [6, 6.07) is 7.21. The number of anilines is 1. The van der Waals surface area contributed by atoms with E-state index in [2.05, 4.69) is 62.1 Å². The van der Waals surface area contributed by atoms with Crippen molar-refractivity contribution < 1.29 is 27.4 Å². The second-order valence-electron chi connectivity index (χ2n) is 10.6. The van der Waals surface area contributed by atoms with Crippen molar-refractivity contribution in [2.45, 2.75) is 38.1 Å². The first-order valence-corrected chi connectivity index (χ1v) is 15.1. The van der Waals surface area contributed by atoms with Crippen molar-refractivity contribution in [2.24, 2.45) is 5.92 Å². The molecule has 2 unspecified atom stereocenters. The zero-order valence-electron chi connectivity index (χ0n) is 23.3. The molecule has 2 atom stereocenters. The molecule has 4 heterocycles. The van der Waals surface area contributed by atoms with Gasteiger partial charge in [-0.2, -0.15) is 18.3 Å². The maximum Gasteiger partial charge on any atom is 0.406 e. The molecular weight excluding hydrogens is 664 g/mol. The molecule has 0 radical (unpaired) electrons. The van der Waals surface area contributed by atoms with Gasteiger partial charge in [-0.1, -0.05) is 12.0 Å². The van der Waals surface area contributed by atoms with Crippen LogP contribution in [0.4, 0.5) is 18.9 Å². The zero-order chi connectivity index (χ0) is 29.7. The summed E-state index contributed by atoms with van der Waals surface area (Å²) >= 11 is 2.06. The van der Waals surface area contributed by atoms with Gasteiger partial charge in [0, 0.05) is 30.3 Å². The highest BCUT2D eigenvalue weighted by Gasteiger charge is 2.31. The van der Waals surface area contributed by atoms with Crippen LogP contribution in [0.5, 0.6) is 0 Å². The molecule has 226 valence electrons. The van der Waals surface area contributed by atoms with E-state index in [1.807, 2.05) is 6.07 Å². The van der Waals surface area contributed by atoms with Crippen LogP contribution in [0.3, 0.4) is 0 Å². The summed E-state index contributed by atoms with van der Waals surface area (Å²) in [6.07, 6.45) is -1.19. The van der Waals surface area contributed by atoms with Crippen molar-refractivity contribution >= 4 is 45.1 Å². The molecule has 2 aliphatic rings. The average Bonchev–Trinajstić information content (AvgIpc) is 3.48. The second-order valence-corrected chi connectivity index (χ2v) is 11.6. The van der Waals surface area contributed by atoms with E-state index in [0.29, 0.717) is 59.1 Å². The van der Waals surface area contributed by atoms with Crippen molar-refractivity contribution in [2.75, 3.05) is 58.4 Å². The van der Waals surface area contributed by atoms with Gasteiger partial charge in [0.05, 0.1) is 55.9 Å². The molecule has 0 aliphatic carbocycles. The summed E-state index contributed by atoms with van der Waals surface area (Å²) in [7, 11) is 2.10. The number of amides is 1. The summed E-state index contributed by atoms with van der Waals surface area (Å²) in [5.41, 5.74) is 1.87. The third kappa shape index (κ3) is 7.58. The Labute approximate surface area is 256 Å². The summed E-state index contributed by atoms with van der Waals surface area (Å²) in [5.74, 6) is 5.65. The number of nitrogens with one attached hydrogen (secondary N) is 2. The molecule has 0 spiro atoms. The normalized spacial score (nSPS) is 21.7. The van der Waals surface area contributed by atoms with Crippen molar-refractivity contribution in [1.29, 1.82) is 0 Å². The third-order valence-corrected chi connectivity index (χ3v) is 8.72. The van der Waals surface area contributed by atoms with Crippen LogP contribution in [0.15, 0.2) is 30.5 Å². The number of carbonyl (C=O) groups is 1.